The molecule has 27 heavy (non-hydrogen) atoms. The highest BCUT2D eigenvalue weighted by molar-refractivity contribution is 8.00. The molecule has 0 aliphatic heterocycles. The fourth-order valence-electron chi connectivity index (χ4n) is 2.47. The molecule has 0 fully saturated rings. The number of carbonyl (C=O) groups excluding carboxylic acids is 1. The fourth-order valence-corrected chi connectivity index (χ4v) is 3.63. The molecule has 2 atom stereocenters. The predicted molar refractivity (Wildman–Crippen MR) is 107 cm³/mol. The third kappa shape index (κ3) is 5.34. The molecule has 0 spiro atoms. The number of hydrogen-bond donors (Lipinski definition) is 1. The van der Waals surface area contributed by atoms with Gasteiger partial charge in [-0.3, -0.25) is 4.79 Å². The van der Waals surface area contributed by atoms with Gasteiger partial charge in [-0.2, -0.15) is 4.98 Å². The van der Waals surface area contributed by atoms with Crippen LogP contribution in [0.1, 0.15) is 37.2 Å². The Morgan fingerprint density at radius 2 is 1.85 bits per heavy atom. The highest BCUT2D eigenvalue weighted by atomic mass is 35.5. The molecule has 1 N–H and O–H groups in total. The lowest BCUT2D eigenvalue weighted by molar-refractivity contribution is -0.121. The molecule has 3 aromatic rings. The van der Waals surface area contributed by atoms with Crippen molar-refractivity contribution in [1.29, 1.82) is 0 Å². The minimum absolute atomic E-state index is 0.116. The van der Waals surface area contributed by atoms with E-state index in [9.17, 15) is 4.79 Å². The molecular weight excluding hydrogens is 382 g/mol. The molecule has 1 aromatic heterocycles. The van der Waals surface area contributed by atoms with Gasteiger partial charge in [-0.1, -0.05) is 59.2 Å². The van der Waals surface area contributed by atoms with E-state index in [1.54, 1.807) is 0 Å². The number of amides is 1. The molecule has 1 heterocycles. The van der Waals surface area contributed by atoms with E-state index >= 15 is 0 Å². The summed E-state index contributed by atoms with van der Waals surface area (Å²) in [6, 6.07) is 17.0. The van der Waals surface area contributed by atoms with Crippen LogP contribution in [0, 0.1) is 0 Å². The molecule has 0 aliphatic rings. The largest absolute Gasteiger partial charge is 0.344 e. The van der Waals surface area contributed by atoms with Gasteiger partial charge in [-0.25, -0.2) is 0 Å². The van der Waals surface area contributed by atoms with Crippen molar-refractivity contribution in [2.24, 2.45) is 0 Å². The van der Waals surface area contributed by atoms with Crippen molar-refractivity contribution in [2.45, 2.75) is 36.5 Å². The molecule has 0 radical (unpaired) electrons. The van der Waals surface area contributed by atoms with Crippen molar-refractivity contribution in [3.05, 3.63) is 76.9 Å². The molecule has 1 amide bonds. The summed E-state index contributed by atoms with van der Waals surface area (Å²) in [6.45, 7) is 3.66. The molecule has 2 aromatic carbocycles. The number of hydrogen-bond acceptors (Lipinski definition) is 5. The molecule has 0 saturated heterocycles. The molecular formula is C20H20ClN3O2S. The van der Waals surface area contributed by atoms with E-state index in [1.165, 1.54) is 11.8 Å². The lowest BCUT2D eigenvalue weighted by Crippen LogP contribution is -2.33. The Kier molecular flexibility index (Phi) is 6.53. The quantitative estimate of drug-likeness (QED) is 0.582. The highest BCUT2D eigenvalue weighted by Gasteiger charge is 2.21. The maximum absolute atomic E-state index is 12.5. The summed E-state index contributed by atoms with van der Waals surface area (Å²) in [5.41, 5.74) is 1.10. The molecule has 5 nitrogen and oxygen atoms in total. The van der Waals surface area contributed by atoms with Crippen LogP contribution >= 0.6 is 23.4 Å². The van der Waals surface area contributed by atoms with Crippen LogP contribution < -0.4 is 5.32 Å². The van der Waals surface area contributed by atoms with Crippen LogP contribution in [0.4, 0.5) is 0 Å². The van der Waals surface area contributed by atoms with E-state index in [-0.39, 0.29) is 17.2 Å². The number of benzene rings is 2. The van der Waals surface area contributed by atoms with Gasteiger partial charge in [-0.05, 0) is 31.5 Å². The topological polar surface area (TPSA) is 68.0 Å². The zero-order valence-corrected chi connectivity index (χ0v) is 16.6. The van der Waals surface area contributed by atoms with E-state index in [0.29, 0.717) is 23.2 Å². The van der Waals surface area contributed by atoms with Gasteiger partial charge in [0.1, 0.15) is 6.04 Å². The monoisotopic (exact) mass is 401 g/mol. The minimum Gasteiger partial charge on any atom is -0.344 e. The van der Waals surface area contributed by atoms with Gasteiger partial charge in [0.2, 0.25) is 11.8 Å². The Morgan fingerprint density at radius 3 is 2.59 bits per heavy atom. The van der Waals surface area contributed by atoms with Gasteiger partial charge in [0.05, 0.1) is 10.3 Å². The van der Waals surface area contributed by atoms with Gasteiger partial charge >= 0.3 is 0 Å². The molecule has 7 heteroatoms. The van der Waals surface area contributed by atoms with Crippen LogP contribution in [0.2, 0.25) is 5.02 Å². The average Bonchev–Trinajstić information content (AvgIpc) is 3.13. The number of aromatic nitrogens is 2. The van der Waals surface area contributed by atoms with E-state index in [4.69, 9.17) is 16.1 Å². The first-order valence-corrected chi connectivity index (χ1v) is 9.86. The first-order valence-electron chi connectivity index (χ1n) is 8.61. The first kappa shape index (κ1) is 19.5. The second-order valence-corrected chi connectivity index (χ2v) is 7.92. The SMILES string of the molecule is C[C@H](Sc1ccccc1Cl)C(=O)N[C@H](C)c1nc(Cc2ccccc2)no1. The minimum atomic E-state index is -0.371. The number of nitrogens with zero attached hydrogens (tertiary/aromatic N) is 2. The Balaban J connectivity index is 1.57. The first-order chi connectivity index (χ1) is 13.0. The van der Waals surface area contributed by atoms with Crippen molar-refractivity contribution in [3.8, 4) is 0 Å². The molecule has 0 unspecified atom stereocenters. The maximum atomic E-state index is 12.5. The van der Waals surface area contributed by atoms with Crippen molar-refractivity contribution >= 4 is 29.3 Å². The van der Waals surface area contributed by atoms with Gasteiger partial charge in [0.15, 0.2) is 5.82 Å². The second-order valence-electron chi connectivity index (χ2n) is 6.13. The Labute approximate surface area is 167 Å². The number of rotatable bonds is 7. The smallest absolute Gasteiger partial charge is 0.248 e. The van der Waals surface area contributed by atoms with Crippen LogP contribution in [0.3, 0.4) is 0 Å². The Hall–Kier alpha value is -2.31. The van der Waals surface area contributed by atoms with Crippen molar-refractivity contribution in [2.75, 3.05) is 0 Å². The molecule has 0 bridgehead atoms. The lowest BCUT2D eigenvalue weighted by Gasteiger charge is -2.15. The summed E-state index contributed by atoms with van der Waals surface area (Å²) in [4.78, 5) is 17.7. The van der Waals surface area contributed by atoms with Crippen molar-refractivity contribution in [1.82, 2.24) is 15.5 Å². The molecule has 0 aliphatic carbocycles. The molecule has 3 rings (SSSR count). The summed E-state index contributed by atoms with van der Waals surface area (Å²) >= 11 is 7.57. The number of carbonyl (C=O) groups is 1. The van der Waals surface area contributed by atoms with Crippen LogP contribution in [0.25, 0.3) is 0 Å². The fraction of sp³-hybridized carbons (Fsp3) is 0.250. The van der Waals surface area contributed by atoms with E-state index in [0.717, 1.165) is 10.5 Å². The number of halogens is 1. The molecule has 140 valence electrons. The molecule has 0 saturated carbocycles. The van der Waals surface area contributed by atoms with Crippen molar-refractivity contribution < 1.29 is 9.32 Å². The van der Waals surface area contributed by atoms with E-state index in [2.05, 4.69) is 15.5 Å². The Bertz CT molecular complexity index is 901. The van der Waals surface area contributed by atoms with Gasteiger partial charge in [0.25, 0.3) is 0 Å². The zero-order valence-electron chi connectivity index (χ0n) is 15.1. The predicted octanol–water partition coefficient (Wildman–Crippen LogP) is 4.67. The summed E-state index contributed by atoms with van der Waals surface area (Å²) < 4.78 is 5.31. The standard InChI is InChI=1S/C20H20ClN3O2S/c1-13(20-23-18(24-26-20)12-15-8-4-3-5-9-15)22-19(25)14(2)27-17-11-7-6-10-16(17)21/h3-11,13-14H,12H2,1-2H3,(H,22,25)/t13-,14+/m1/s1. The third-order valence-electron chi connectivity index (χ3n) is 3.93. The number of thioether (sulfide) groups is 1. The normalized spacial score (nSPS) is 13.1. The average molecular weight is 402 g/mol. The summed E-state index contributed by atoms with van der Waals surface area (Å²) in [5, 5.41) is 7.25. The summed E-state index contributed by atoms with van der Waals surface area (Å²) in [7, 11) is 0. The third-order valence-corrected chi connectivity index (χ3v) is 5.55. The summed E-state index contributed by atoms with van der Waals surface area (Å²) in [5.74, 6) is 0.871. The number of nitrogens with one attached hydrogen (secondary N) is 1. The van der Waals surface area contributed by atoms with Gasteiger partial charge < -0.3 is 9.84 Å². The van der Waals surface area contributed by atoms with Crippen molar-refractivity contribution in [3.63, 3.8) is 0 Å². The van der Waals surface area contributed by atoms with E-state index in [1.807, 2.05) is 68.4 Å². The van der Waals surface area contributed by atoms with Crippen LogP contribution in [-0.2, 0) is 11.2 Å². The van der Waals surface area contributed by atoms with Gasteiger partial charge in [-0.15, -0.1) is 11.8 Å². The second kappa shape index (κ2) is 9.06. The van der Waals surface area contributed by atoms with Crippen LogP contribution in [-0.4, -0.2) is 21.3 Å². The Morgan fingerprint density at radius 1 is 1.15 bits per heavy atom. The van der Waals surface area contributed by atoms with Crippen LogP contribution in [0.5, 0.6) is 0 Å². The lowest BCUT2D eigenvalue weighted by atomic mass is 10.1. The zero-order chi connectivity index (χ0) is 19.2. The summed E-state index contributed by atoms with van der Waals surface area (Å²) in [6.07, 6.45) is 0.587. The van der Waals surface area contributed by atoms with E-state index < -0.39 is 0 Å². The van der Waals surface area contributed by atoms with Gasteiger partial charge in [0, 0.05) is 11.3 Å². The van der Waals surface area contributed by atoms with Crippen LogP contribution in [0.15, 0.2) is 64.0 Å². The highest BCUT2D eigenvalue weighted by Crippen LogP contribution is 2.30. The maximum Gasteiger partial charge on any atom is 0.248 e.